The summed E-state index contributed by atoms with van der Waals surface area (Å²) in [6, 6.07) is 4.49. The van der Waals surface area contributed by atoms with Crippen LogP contribution in [0.15, 0.2) is 22.7 Å². The number of nitrogens with two attached hydrogens (primary N) is 1. The maximum absolute atomic E-state index is 13.1. The summed E-state index contributed by atoms with van der Waals surface area (Å²) in [5, 5.41) is 0. The van der Waals surface area contributed by atoms with Gasteiger partial charge in [-0.25, -0.2) is 4.39 Å². The topological polar surface area (TPSA) is 35.2 Å². The predicted octanol–water partition coefficient (Wildman–Crippen LogP) is 4.06. The second kappa shape index (κ2) is 6.48. The van der Waals surface area contributed by atoms with Crippen molar-refractivity contribution in [1.29, 1.82) is 0 Å². The smallest absolute Gasteiger partial charge is 0.128 e. The van der Waals surface area contributed by atoms with E-state index in [9.17, 15) is 4.39 Å². The zero-order chi connectivity index (χ0) is 13.8. The van der Waals surface area contributed by atoms with Crippen molar-refractivity contribution in [2.45, 2.75) is 26.7 Å². The van der Waals surface area contributed by atoms with E-state index in [1.165, 1.54) is 12.1 Å². The molecule has 2 N–H and O–H groups in total. The third kappa shape index (κ3) is 4.90. The molecule has 100 valence electrons. The van der Waals surface area contributed by atoms with Crippen LogP contribution in [-0.2, 0) is 0 Å². The van der Waals surface area contributed by atoms with Gasteiger partial charge in [-0.05, 0) is 25.0 Å². The number of ether oxygens (including phenoxy) is 1. The van der Waals surface area contributed by atoms with Gasteiger partial charge in [0, 0.05) is 16.0 Å². The van der Waals surface area contributed by atoms with Crippen molar-refractivity contribution in [1.82, 2.24) is 0 Å². The fraction of sp³-hybridized carbons (Fsp3) is 0.462. The van der Waals surface area contributed by atoms with Crippen LogP contribution >= 0.6 is 28.1 Å². The number of rotatable bonds is 6. The molecule has 0 atom stereocenters. The van der Waals surface area contributed by atoms with Crippen LogP contribution < -0.4 is 10.5 Å². The van der Waals surface area contributed by atoms with E-state index in [1.807, 2.05) is 13.8 Å². The molecule has 0 fully saturated rings. The van der Waals surface area contributed by atoms with Crippen molar-refractivity contribution in [3.63, 3.8) is 0 Å². The summed E-state index contributed by atoms with van der Waals surface area (Å²) in [6.07, 6.45) is 1.66. The van der Waals surface area contributed by atoms with Crippen LogP contribution in [0.2, 0.25) is 0 Å². The van der Waals surface area contributed by atoms with E-state index >= 15 is 0 Å². The highest BCUT2D eigenvalue weighted by Gasteiger charge is 2.20. The van der Waals surface area contributed by atoms with Gasteiger partial charge in [0.05, 0.1) is 11.6 Å². The Morgan fingerprint density at radius 3 is 2.67 bits per heavy atom. The SMILES string of the molecule is CC(C)(CCCOc1cc(F)cc(Br)c1)C(N)=S. The first-order valence-electron chi connectivity index (χ1n) is 5.70. The lowest BCUT2D eigenvalue weighted by atomic mass is 9.88. The Kier molecular flexibility index (Phi) is 5.53. The van der Waals surface area contributed by atoms with Crippen molar-refractivity contribution >= 4 is 33.1 Å². The molecule has 0 saturated carbocycles. The van der Waals surface area contributed by atoms with E-state index in [0.717, 1.165) is 12.8 Å². The summed E-state index contributed by atoms with van der Waals surface area (Å²) in [6.45, 7) is 4.53. The third-order valence-corrected chi connectivity index (χ3v) is 3.73. The van der Waals surface area contributed by atoms with Crippen LogP contribution in [0.1, 0.15) is 26.7 Å². The highest BCUT2D eigenvalue weighted by Crippen LogP contribution is 2.24. The zero-order valence-electron chi connectivity index (χ0n) is 10.5. The first-order valence-corrected chi connectivity index (χ1v) is 6.90. The number of hydrogen-bond donors (Lipinski definition) is 1. The number of benzene rings is 1. The molecule has 0 aliphatic rings. The summed E-state index contributed by atoms with van der Waals surface area (Å²) in [5.41, 5.74) is 5.47. The molecule has 2 nitrogen and oxygen atoms in total. The second-order valence-corrected chi connectivity index (χ2v) is 6.16. The molecule has 0 aromatic heterocycles. The molecular formula is C13H17BrFNOS. The number of halogens is 2. The maximum atomic E-state index is 13.1. The fourth-order valence-corrected chi connectivity index (χ4v) is 1.99. The molecule has 1 rings (SSSR count). The van der Waals surface area contributed by atoms with Gasteiger partial charge in [-0.15, -0.1) is 0 Å². The van der Waals surface area contributed by atoms with Crippen molar-refractivity contribution in [3.05, 3.63) is 28.5 Å². The van der Waals surface area contributed by atoms with Gasteiger partial charge >= 0.3 is 0 Å². The summed E-state index contributed by atoms with van der Waals surface area (Å²) in [7, 11) is 0. The van der Waals surface area contributed by atoms with E-state index in [0.29, 0.717) is 21.8 Å². The summed E-state index contributed by atoms with van der Waals surface area (Å²) in [4.78, 5) is 0.510. The Bertz CT molecular complexity index is 417. The Morgan fingerprint density at radius 1 is 1.44 bits per heavy atom. The van der Waals surface area contributed by atoms with E-state index in [-0.39, 0.29) is 11.2 Å². The second-order valence-electron chi connectivity index (χ2n) is 4.81. The minimum atomic E-state index is -0.317. The van der Waals surface area contributed by atoms with Gasteiger partial charge in [0.15, 0.2) is 0 Å². The van der Waals surface area contributed by atoms with Crippen molar-refractivity contribution < 1.29 is 9.13 Å². The molecule has 0 aliphatic carbocycles. The summed E-state index contributed by atoms with van der Waals surface area (Å²) < 4.78 is 19.2. The van der Waals surface area contributed by atoms with Crippen LogP contribution in [0, 0.1) is 11.2 Å². The van der Waals surface area contributed by atoms with Gasteiger partial charge in [0.1, 0.15) is 11.6 Å². The van der Waals surface area contributed by atoms with Gasteiger partial charge < -0.3 is 10.5 Å². The summed E-state index contributed by atoms with van der Waals surface area (Å²) >= 11 is 8.21. The normalized spacial score (nSPS) is 11.3. The van der Waals surface area contributed by atoms with E-state index in [1.54, 1.807) is 6.07 Å². The lowest BCUT2D eigenvalue weighted by Crippen LogP contribution is -2.30. The van der Waals surface area contributed by atoms with Crippen LogP contribution in [-0.4, -0.2) is 11.6 Å². The predicted molar refractivity (Wildman–Crippen MR) is 79.4 cm³/mol. The third-order valence-electron chi connectivity index (χ3n) is 2.72. The monoisotopic (exact) mass is 333 g/mol. The average Bonchev–Trinajstić information content (AvgIpc) is 2.23. The first-order chi connectivity index (χ1) is 8.31. The molecule has 0 aliphatic heterocycles. The molecule has 1 aromatic carbocycles. The van der Waals surface area contributed by atoms with Gasteiger partial charge in [0.2, 0.25) is 0 Å². The lowest BCUT2D eigenvalue weighted by Gasteiger charge is -2.22. The molecule has 0 saturated heterocycles. The van der Waals surface area contributed by atoms with E-state index < -0.39 is 0 Å². The van der Waals surface area contributed by atoms with Gasteiger partial charge in [-0.1, -0.05) is 42.0 Å². The van der Waals surface area contributed by atoms with Gasteiger partial charge in [-0.2, -0.15) is 0 Å². The highest BCUT2D eigenvalue weighted by molar-refractivity contribution is 9.10. The molecule has 1 aromatic rings. The van der Waals surface area contributed by atoms with Crippen molar-refractivity contribution in [2.24, 2.45) is 11.1 Å². The number of hydrogen-bond acceptors (Lipinski definition) is 2. The molecule has 0 radical (unpaired) electrons. The molecule has 0 spiro atoms. The maximum Gasteiger partial charge on any atom is 0.128 e. The molecule has 0 heterocycles. The van der Waals surface area contributed by atoms with Crippen molar-refractivity contribution in [2.75, 3.05) is 6.61 Å². The Hall–Kier alpha value is -0.680. The summed E-state index contributed by atoms with van der Waals surface area (Å²) in [5.74, 6) is 0.206. The molecule has 0 bridgehead atoms. The molecular weight excluding hydrogens is 317 g/mol. The average molecular weight is 334 g/mol. The molecule has 0 unspecified atom stereocenters. The Labute approximate surface area is 121 Å². The first kappa shape index (κ1) is 15.4. The van der Waals surface area contributed by atoms with Gasteiger partial charge in [0.25, 0.3) is 0 Å². The van der Waals surface area contributed by atoms with Crippen LogP contribution in [0.3, 0.4) is 0 Å². The van der Waals surface area contributed by atoms with E-state index in [4.69, 9.17) is 22.7 Å². The fourth-order valence-electron chi connectivity index (χ4n) is 1.44. The number of thiocarbonyl (C=S) groups is 1. The molecule has 0 amide bonds. The minimum Gasteiger partial charge on any atom is -0.493 e. The standard InChI is InChI=1S/C13H17BrFNOS/c1-13(2,12(16)18)4-3-5-17-11-7-9(14)6-10(15)8-11/h6-8H,3-5H2,1-2H3,(H2,16,18). The molecule has 18 heavy (non-hydrogen) atoms. The van der Waals surface area contributed by atoms with Crippen LogP contribution in [0.5, 0.6) is 5.75 Å². The van der Waals surface area contributed by atoms with E-state index in [2.05, 4.69) is 15.9 Å². The minimum absolute atomic E-state index is 0.165. The Balaban J connectivity index is 2.40. The quantitative estimate of drug-likeness (QED) is 0.629. The lowest BCUT2D eigenvalue weighted by molar-refractivity contribution is 0.286. The van der Waals surface area contributed by atoms with Gasteiger partial charge in [-0.3, -0.25) is 0 Å². The van der Waals surface area contributed by atoms with Crippen LogP contribution in [0.4, 0.5) is 4.39 Å². The molecule has 5 heteroatoms. The zero-order valence-corrected chi connectivity index (χ0v) is 12.9. The van der Waals surface area contributed by atoms with Crippen molar-refractivity contribution in [3.8, 4) is 5.75 Å². The largest absolute Gasteiger partial charge is 0.493 e. The van der Waals surface area contributed by atoms with Crippen LogP contribution in [0.25, 0.3) is 0 Å². The highest BCUT2D eigenvalue weighted by atomic mass is 79.9. The Morgan fingerprint density at radius 2 is 2.11 bits per heavy atom.